The molecule has 0 bridgehead atoms. The number of carbonyl (C=O) groups excluding carboxylic acids is 2. The predicted octanol–water partition coefficient (Wildman–Crippen LogP) is 3.13. The average Bonchev–Trinajstić information content (AvgIpc) is 3.23. The van der Waals surface area contributed by atoms with Crippen molar-refractivity contribution < 1.29 is 28.2 Å². The molecule has 5 atom stereocenters. The highest BCUT2D eigenvalue weighted by Gasteiger charge is 2.70. The van der Waals surface area contributed by atoms with Crippen LogP contribution in [0.5, 0.6) is 0 Å². The fraction of sp³-hybridized carbons (Fsp3) is 0.440. The van der Waals surface area contributed by atoms with Crippen molar-refractivity contribution >= 4 is 17.7 Å². The van der Waals surface area contributed by atoms with Crippen LogP contribution < -0.4 is 4.90 Å². The van der Waals surface area contributed by atoms with Gasteiger partial charge in [-0.25, -0.2) is 9.18 Å². The van der Waals surface area contributed by atoms with Gasteiger partial charge in [0.2, 0.25) is 0 Å². The first-order chi connectivity index (χ1) is 16.5. The molecule has 1 aromatic carbocycles. The molecule has 1 unspecified atom stereocenters. The molecule has 2 aromatic rings. The molecule has 1 amide bonds. The molecule has 9 heteroatoms. The monoisotopic (exact) mass is 463 g/mol. The van der Waals surface area contributed by atoms with Crippen LogP contribution in [-0.4, -0.2) is 49.5 Å². The van der Waals surface area contributed by atoms with Gasteiger partial charge in [0.25, 0.3) is 0 Å². The second kappa shape index (κ2) is 7.50. The molecule has 0 radical (unpaired) electrons. The van der Waals surface area contributed by atoms with Crippen molar-refractivity contribution in [1.82, 2.24) is 4.98 Å². The SMILES string of the molecule is COC(=O)CC[C@@H]1OC(=O)N2c3cc(F)c(-c4ccc(C5(C#N)[C@@H]6COC[C@@H]65)nc4)cc3C[C@@H]12. The Morgan fingerprint density at radius 3 is 2.82 bits per heavy atom. The number of methoxy groups -OCH3 is 1. The van der Waals surface area contributed by atoms with Gasteiger partial charge in [0, 0.05) is 35.6 Å². The quantitative estimate of drug-likeness (QED) is 0.628. The Labute approximate surface area is 195 Å². The number of nitrogens with zero attached hydrogens (tertiary/aromatic N) is 3. The maximum absolute atomic E-state index is 15.2. The lowest BCUT2D eigenvalue weighted by molar-refractivity contribution is -0.141. The van der Waals surface area contributed by atoms with Crippen LogP contribution in [0, 0.1) is 29.0 Å². The highest BCUT2D eigenvalue weighted by Crippen LogP contribution is 2.62. The normalized spacial score (nSPS) is 30.3. The van der Waals surface area contributed by atoms with Crippen molar-refractivity contribution in [3.8, 4) is 17.2 Å². The lowest BCUT2D eigenvalue weighted by atomic mass is 9.95. The lowest BCUT2D eigenvalue weighted by Gasteiger charge is -2.16. The summed E-state index contributed by atoms with van der Waals surface area (Å²) in [6.07, 6.45) is 1.62. The Morgan fingerprint density at radius 2 is 2.15 bits per heavy atom. The number of aromatic nitrogens is 1. The zero-order valence-corrected chi connectivity index (χ0v) is 18.5. The number of hydrogen-bond donors (Lipinski definition) is 0. The van der Waals surface area contributed by atoms with Crippen molar-refractivity contribution in [2.75, 3.05) is 25.2 Å². The maximum atomic E-state index is 15.2. The number of rotatable bonds is 5. The minimum atomic E-state index is -0.600. The molecule has 3 fully saturated rings. The van der Waals surface area contributed by atoms with E-state index in [1.807, 2.05) is 6.07 Å². The van der Waals surface area contributed by atoms with E-state index >= 15 is 4.39 Å². The molecule has 1 aliphatic carbocycles. The Kier molecular flexibility index (Phi) is 4.64. The van der Waals surface area contributed by atoms with E-state index in [-0.39, 0.29) is 30.3 Å². The van der Waals surface area contributed by atoms with Gasteiger partial charge in [0.1, 0.15) is 17.3 Å². The van der Waals surface area contributed by atoms with Gasteiger partial charge < -0.3 is 14.2 Å². The fourth-order valence-corrected chi connectivity index (χ4v) is 5.88. The summed E-state index contributed by atoms with van der Waals surface area (Å²) in [6.45, 7) is 1.14. The van der Waals surface area contributed by atoms with E-state index in [1.54, 1.807) is 18.3 Å². The van der Waals surface area contributed by atoms with E-state index in [2.05, 4.69) is 15.8 Å². The van der Waals surface area contributed by atoms with Crippen molar-refractivity contribution in [1.29, 1.82) is 5.26 Å². The van der Waals surface area contributed by atoms with E-state index in [1.165, 1.54) is 18.1 Å². The number of nitriles is 1. The molecule has 4 heterocycles. The molecular formula is C25H22FN3O5. The number of cyclic esters (lactones) is 1. The molecule has 8 nitrogen and oxygen atoms in total. The van der Waals surface area contributed by atoms with Crippen molar-refractivity contribution in [3.05, 3.63) is 47.5 Å². The van der Waals surface area contributed by atoms with Crippen LogP contribution in [0.25, 0.3) is 11.1 Å². The van der Waals surface area contributed by atoms with Gasteiger partial charge in [-0.1, -0.05) is 6.07 Å². The lowest BCUT2D eigenvalue weighted by Crippen LogP contribution is -2.33. The molecule has 174 valence electrons. The second-order valence-corrected chi connectivity index (χ2v) is 9.30. The number of anilines is 1. The van der Waals surface area contributed by atoms with Crippen LogP contribution >= 0.6 is 0 Å². The Bertz CT molecular complexity index is 1230. The zero-order valence-electron chi connectivity index (χ0n) is 18.5. The molecule has 0 spiro atoms. The zero-order chi connectivity index (χ0) is 23.6. The number of ether oxygens (including phenoxy) is 3. The van der Waals surface area contributed by atoms with E-state index in [0.717, 1.165) is 5.56 Å². The average molecular weight is 463 g/mol. The maximum Gasteiger partial charge on any atom is 0.415 e. The van der Waals surface area contributed by atoms with Crippen molar-refractivity contribution in [2.45, 2.75) is 36.8 Å². The largest absolute Gasteiger partial charge is 0.469 e. The van der Waals surface area contributed by atoms with Crippen molar-refractivity contribution in [2.24, 2.45) is 11.8 Å². The van der Waals surface area contributed by atoms with E-state index in [0.29, 0.717) is 48.6 Å². The number of esters is 1. The van der Waals surface area contributed by atoms with E-state index in [9.17, 15) is 14.9 Å². The molecular weight excluding hydrogens is 441 g/mol. The summed E-state index contributed by atoms with van der Waals surface area (Å²) >= 11 is 0. The summed E-state index contributed by atoms with van der Waals surface area (Å²) in [5.41, 5.74) is 2.44. The first kappa shape index (κ1) is 21.1. The summed E-state index contributed by atoms with van der Waals surface area (Å²) in [6, 6.07) is 8.87. The molecule has 1 saturated carbocycles. The number of carbonyl (C=O) groups is 2. The highest BCUT2D eigenvalue weighted by molar-refractivity contribution is 5.94. The Hall–Kier alpha value is -3.51. The standard InChI is InChI=1S/C25H22FN3O5/c1-32-23(30)5-3-21-20-7-14-6-15(18(26)8-19(14)29(20)24(31)34-21)13-2-4-22(28-9-13)25(12-27)16-10-33-11-17(16)25/h2,4,6,8-9,16-17,20-21H,3,5,7,10-11H2,1H3/t16-,17+,20-,21-,25?/m0/s1. The van der Waals surface area contributed by atoms with Crippen molar-refractivity contribution in [3.63, 3.8) is 0 Å². The first-order valence-corrected chi connectivity index (χ1v) is 11.3. The minimum absolute atomic E-state index is 0.144. The van der Waals surface area contributed by atoms with Gasteiger partial charge in [0.05, 0.1) is 43.8 Å². The molecule has 34 heavy (non-hydrogen) atoms. The molecule has 1 aromatic heterocycles. The first-order valence-electron chi connectivity index (χ1n) is 11.3. The van der Waals surface area contributed by atoms with Gasteiger partial charge >= 0.3 is 12.1 Å². The Morgan fingerprint density at radius 1 is 1.35 bits per heavy atom. The van der Waals surface area contributed by atoms with Gasteiger partial charge in [-0.15, -0.1) is 0 Å². The van der Waals surface area contributed by atoms with Crippen LogP contribution in [0.4, 0.5) is 14.9 Å². The topological polar surface area (TPSA) is 102 Å². The number of fused-ring (bicyclic) bond motifs is 4. The number of benzene rings is 1. The number of hydrogen-bond acceptors (Lipinski definition) is 7. The summed E-state index contributed by atoms with van der Waals surface area (Å²) < 4.78 is 30.7. The number of halogens is 1. The van der Waals surface area contributed by atoms with Gasteiger partial charge in [0.15, 0.2) is 0 Å². The van der Waals surface area contributed by atoms with Gasteiger partial charge in [-0.05, 0) is 36.6 Å². The fourth-order valence-electron chi connectivity index (χ4n) is 5.88. The minimum Gasteiger partial charge on any atom is -0.469 e. The van der Waals surface area contributed by atoms with Crippen LogP contribution in [0.3, 0.4) is 0 Å². The molecule has 2 saturated heterocycles. The summed E-state index contributed by atoms with van der Waals surface area (Å²) in [7, 11) is 1.32. The number of amides is 1. The third-order valence-electron chi connectivity index (χ3n) is 7.75. The summed E-state index contributed by atoms with van der Waals surface area (Å²) in [5.74, 6) is -0.484. The molecule has 6 rings (SSSR count). The summed E-state index contributed by atoms with van der Waals surface area (Å²) in [4.78, 5) is 30.0. The molecule has 0 N–H and O–H groups in total. The Balaban J connectivity index is 1.26. The van der Waals surface area contributed by atoms with Crippen LogP contribution in [0.2, 0.25) is 0 Å². The third-order valence-corrected chi connectivity index (χ3v) is 7.75. The van der Waals surface area contributed by atoms with E-state index < -0.39 is 23.4 Å². The smallest absolute Gasteiger partial charge is 0.415 e. The van der Waals surface area contributed by atoms with Crippen LogP contribution in [0.15, 0.2) is 30.5 Å². The molecule has 4 aliphatic rings. The summed E-state index contributed by atoms with van der Waals surface area (Å²) in [5, 5.41) is 9.78. The highest BCUT2D eigenvalue weighted by atomic mass is 19.1. The van der Waals surface area contributed by atoms with E-state index in [4.69, 9.17) is 9.47 Å². The van der Waals surface area contributed by atoms with Gasteiger partial charge in [-0.3, -0.25) is 14.7 Å². The molecule has 3 aliphatic heterocycles. The number of pyridine rings is 1. The van der Waals surface area contributed by atoms with Crippen LogP contribution in [0.1, 0.15) is 24.1 Å². The van der Waals surface area contributed by atoms with Crippen LogP contribution in [-0.2, 0) is 30.8 Å². The predicted molar refractivity (Wildman–Crippen MR) is 116 cm³/mol. The third kappa shape index (κ3) is 2.88. The second-order valence-electron chi connectivity index (χ2n) is 9.30. The van der Waals surface area contributed by atoms with Gasteiger partial charge in [-0.2, -0.15) is 5.26 Å².